The highest BCUT2D eigenvalue weighted by atomic mass is 19.0. The van der Waals surface area contributed by atoms with Crippen LogP contribution in [0, 0.1) is 0 Å². The number of hydrogen-bond donors (Lipinski definition) is 1. The van der Waals surface area contributed by atoms with Gasteiger partial charge in [-0.15, -0.1) is 0 Å². The lowest BCUT2D eigenvalue weighted by Crippen LogP contribution is -1.97. The molecule has 0 spiro atoms. The second-order valence-electron chi connectivity index (χ2n) is 1.85. The molecule has 0 aromatic rings. The molecule has 2 N–H and O–H groups in total. The van der Waals surface area contributed by atoms with Gasteiger partial charge in [0.2, 0.25) is 0 Å². The molecule has 0 rings (SSSR count). The van der Waals surface area contributed by atoms with E-state index in [1.165, 1.54) is 25.7 Å². The zero-order chi connectivity index (χ0) is 5.54. The van der Waals surface area contributed by atoms with Crippen molar-refractivity contribution in [1.82, 2.24) is 0 Å². The molecule has 0 aliphatic carbocycles. The largest absolute Gasteiger partial charge is 0.330 e. The fourth-order valence-corrected chi connectivity index (χ4v) is 0.571. The summed E-state index contributed by atoms with van der Waals surface area (Å²) in [5.74, 6) is 0. The van der Waals surface area contributed by atoms with Gasteiger partial charge in [-0.05, 0) is 13.0 Å². The van der Waals surface area contributed by atoms with Crippen LogP contribution in [0.2, 0.25) is 0 Å². The van der Waals surface area contributed by atoms with Crippen molar-refractivity contribution >= 4 is 8.41 Å². The van der Waals surface area contributed by atoms with Gasteiger partial charge in [0, 0.05) is 0 Å². The fourth-order valence-electron chi connectivity index (χ4n) is 0.571. The topological polar surface area (TPSA) is 26.0 Å². The first-order valence-corrected chi connectivity index (χ1v) is 3.12. The summed E-state index contributed by atoms with van der Waals surface area (Å²) in [4.78, 5) is 0. The molecule has 0 saturated carbocycles. The predicted molar refractivity (Wildman–Crippen MR) is 45.6 cm³/mol. The minimum atomic E-state index is 0. The Morgan fingerprint density at radius 1 is 1.11 bits per heavy atom. The van der Waals surface area contributed by atoms with Gasteiger partial charge in [0.25, 0.3) is 0 Å². The number of unbranched alkanes of at least 4 members (excludes halogenated alkanes) is 3. The minimum absolute atomic E-state index is 0. The van der Waals surface area contributed by atoms with Gasteiger partial charge >= 0.3 is 0 Å². The van der Waals surface area contributed by atoms with E-state index in [4.69, 9.17) is 5.73 Å². The van der Waals surface area contributed by atoms with Crippen molar-refractivity contribution in [2.45, 2.75) is 32.6 Å². The molecule has 0 atom stereocenters. The number of nitrogens with two attached hydrogens (primary N) is 1. The molecule has 1 nitrogen and oxygen atoms in total. The van der Waals surface area contributed by atoms with E-state index in [0.717, 1.165) is 6.54 Å². The van der Waals surface area contributed by atoms with Gasteiger partial charge in [-0.1, -0.05) is 26.2 Å². The van der Waals surface area contributed by atoms with Gasteiger partial charge in [0.1, 0.15) is 0 Å². The summed E-state index contributed by atoms with van der Waals surface area (Å²) in [5, 5.41) is 0. The van der Waals surface area contributed by atoms with Crippen LogP contribution in [0.4, 0.5) is 4.70 Å². The van der Waals surface area contributed by atoms with Crippen molar-refractivity contribution in [2.75, 3.05) is 6.54 Å². The van der Waals surface area contributed by atoms with Crippen molar-refractivity contribution in [1.29, 1.82) is 0 Å². The van der Waals surface area contributed by atoms with Crippen LogP contribution in [0.15, 0.2) is 0 Å². The summed E-state index contributed by atoms with van der Waals surface area (Å²) in [5.41, 5.74) is 5.27. The first kappa shape index (κ1) is 16.0. The van der Waals surface area contributed by atoms with Crippen molar-refractivity contribution < 1.29 is 4.70 Å². The average molecular weight is 135 g/mol. The highest BCUT2D eigenvalue weighted by Gasteiger charge is 1.80. The Labute approximate surface area is 59.0 Å². The summed E-state index contributed by atoms with van der Waals surface area (Å²) >= 11 is 0. The summed E-state index contributed by atoms with van der Waals surface area (Å²) in [6, 6.07) is 0. The Bertz CT molecular complexity index is 32.2. The lowest BCUT2D eigenvalue weighted by Gasteiger charge is -1.90. The molecule has 0 bridgehead atoms. The van der Waals surface area contributed by atoms with Crippen molar-refractivity contribution in [3.05, 3.63) is 0 Å². The molecule has 58 valence electrons. The van der Waals surface area contributed by atoms with Crippen molar-refractivity contribution in [2.24, 2.45) is 5.73 Å². The molecule has 0 aromatic carbocycles. The van der Waals surface area contributed by atoms with Crippen LogP contribution in [-0.4, -0.2) is 15.0 Å². The van der Waals surface area contributed by atoms with Crippen LogP contribution in [0.5, 0.6) is 0 Å². The van der Waals surface area contributed by atoms with E-state index in [2.05, 4.69) is 6.92 Å². The van der Waals surface area contributed by atoms with Gasteiger partial charge in [0.05, 0.1) is 8.41 Å². The summed E-state index contributed by atoms with van der Waals surface area (Å²) in [7, 11) is 0. The molecule has 0 aliphatic heterocycles. The highest BCUT2D eigenvalue weighted by Crippen LogP contribution is 1.95. The molecule has 0 saturated heterocycles. The molecule has 0 heterocycles. The van der Waals surface area contributed by atoms with E-state index in [0.29, 0.717) is 0 Å². The minimum Gasteiger partial charge on any atom is -0.330 e. The van der Waals surface area contributed by atoms with Crippen LogP contribution in [0.1, 0.15) is 32.6 Å². The third-order valence-corrected chi connectivity index (χ3v) is 1.06. The lowest BCUT2D eigenvalue weighted by molar-refractivity contribution is 0.674. The average Bonchev–Trinajstić information content (AvgIpc) is 1.69. The Morgan fingerprint density at radius 2 is 1.67 bits per heavy atom. The Hall–Kier alpha value is -0.0451. The fraction of sp³-hybridized carbons (Fsp3) is 1.00. The van der Waals surface area contributed by atoms with E-state index < -0.39 is 0 Å². The molecule has 9 heavy (non-hydrogen) atoms. The van der Waals surface area contributed by atoms with E-state index in [-0.39, 0.29) is 13.1 Å². The maximum atomic E-state index is 5.27. The summed E-state index contributed by atoms with van der Waals surface area (Å²) in [6.07, 6.45) is 5.16. The molecule has 0 aliphatic rings. The maximum Gasteiger partial charge on any atom is 0.0814 e. The van der Waals surface area contributed by atoms with Gasteiger partial charge in [-0.2, -0.15) is 0 Å². The first-order chi connectivity index (χ1) is 3.41. The number of rotatable bonds is 4. The molecule has 0 amide bonds. The maximum absolute atomic E-state index is 5.27. The standard InChI is InChI=1S/C6H15N.BH3.FH/c1-2-3-4-5-6-7;;/h2-7H2,1H3;1H3;1H. The third-order valence-electron chi connectivity index (χ3n) is 1.06. The van der Waals surface area contributed by atoms with Crippen LogP contribution in [-0.2, 0) is 0 Å². The van der Waals surface area contributed by atoms with E-state index in [1.807, 2.05) is 0 Å². The van der Waals surface area contributed by atoms with Crippen LogP contribution >= 0.6 is 0 Å². The molecule has 3 heteroatoms. The van der Waals surface area contributed by atoms with E-state index in [1.54, 1.807) is 0 Å². The molecule has 0 fully saturated rings. The molecule has 0 radical (unpaired) electrons. The third kappa shape index (κ3) is 18.0. The smallest absolute Gasteiger partial charge is 0.0814 e. The molecular formula is C6H19BFN. The van der Waals surface area contributed by atoms with E-state index >= 15 is 0 Å². The SMILES string of the molecule is B.CCCCCCN.F. The summed E-state index contributed by atoms with van der Waals surface area (Å²) < 4.78 is 0. The second kappa shape index (κ2) is 15.7. The predicted octanol–water partition coefficient (Wildman–Crippen LogP) is 0.494. The Kier molecular flexibility index (Phi) is 27.8. The van der Waals surface area contributed by atoms with E-state index in [9.17, 15) is 0 Å². The van der Waals surface area contributed by atoms with Crippen molar-refractivity contribution in [3.8, 4) is 0 Å². The van der Waals surface area contributed by atoms with Gasteiger partial charge in [0.15, 0.2) is 0 Å². The van der Waals surface area contributed by atoms with Crippen molar-refractivity contribution in [3.63, 3.8) is 0 Å². The summed E-state index contributed by atoms with van der Waals surface area (Å²) in [6.45, 7) is 3.07. The van der Waals surface area contributed by atoms with Gasteiger partial charge in [-0.25, -0.2) is 0 Å². The van der Waals surface area contributed by atoms with Crippen LogP contribution in [0.3, 0.4) is 0 Å². The quantitative estimate of drug-likeness (QED) is 0.440. The number of halogens is 1. The second-order valence-corrected chi connectivity index (χ2v) is 1.85. The lowest BCUT2D eigenvalue weighted by atomic mass is 10.2. The molecule has 0 unspecified atom stereocenters. The Balaban J connectivity index is -0.000000180. The zero-order valence-corrected chi connectivity index (χ0v) is 5.52. The monoisotopic (exact) mass is 135 g/mol. The molecule has 0 aromatic heterocycles. The first-order valence-electron chi connectivity index (χ1n) is 3.12. The van der Waals surface area contributed by atoms with Gasteiger partial charge < -0.3 is 5.73 Å². The number of hydrogen-bond acceptors (Lipinski definition) is 1. The highest BCUT2D eigenvalue weighted by molar-refractivity contribution is 5.75. The zero-order valence-electron chi connectivity index (χ0n) is 5.52. The van der Waals surface area contributed by atoms with Gasteiger partial charge in [-0.3, -0.25) is 4.70 Å². The van der Waals surface area contributed by atoms with Crippen LogP contribution < -0.4 is 5.73 Å². The normalized spacial score (nSPS) is 7.33. The Morgan fingerprint density at radius 3 is 2.00 bits per heavy atom. The van der Waals surface area contributed by atoms with Crippen LogP contribution in [0.25, 0.3) is 0 Å². The molecular weight excluding hydrogens is 116 g/mol.